The Hall–Kier alpha value is -1.35. The van der Waals surface area contributed by atoms with Gasteiger partial charge in [-0.3, -0.25) is 4.79 Å². The monoisotopic (exact) mass is 272 g/mol. The number of nitrogens with one attached hydrogen (secondary N) is 1. The Bertz CT molecular complexity index is 473. The molecule has 5 atom stereocenters. The average Bonchev–Trinajstić information content (AvgIpc) is 3.10. The molecule has 0 radical (unpaired) electrons. The molecular weight excluding hydrogens is 248 g/mol. The lowest BCUT2D eigenvalue weighted by atomic mass is 9.84. The van der Waals surface area contributed by atoms with Crippen LogP contribution in [0.2, 0.25) is 0 Å². The fourth-order valence-corrected chi connectivity index (χ4v) is 4.14. The van der Waals surface area contributed by atoms with Crippen molar-refractivity contribution in [2.45, 2.75) is 44.7 Å². The molecule has 0 heterocycles. The molecule has 3 N–H and O–H groups in total. The zero-order valence-electron chi connectivity index (χ0n) is 12.1. The summed E-state index contributed by atoms with van der Waals surface area (Å²) >= 11 is 0. The Labute approximate surface area is 120 Å². The van der Waals surface area contributed by atoms with Gasteiger partial charge in [0.1, 0.15) is 6.04 Å². The number of rotatable bonds is 4. The fraction of sp³-hybridized carbons (Fsp3) is 0.588. The van der Waals surface area contributed by atoms with Crippen LogP contribution in [0.4, 0.5) is 0 Å². The smallest absolute Gasteiger partial charge is 0.241 e. The summed E-state index contributed by atoms with van der Waals surface area (Å²) in [5.74, 6) is 2.34. The van der Waals surface area contributed by atoms with Crippen LogP contribution in [0.5, 0.6) is 0 Å². The summed E-state index contributed by atoms with van der Waals surface area (Å²) < 4.78 is 0. The van der Waals surface area contributed by atoms with Crippen molar-refractivity contribution in [3.05, 3.63) is 35.9 Å². The highest BCUT2D eigenvalue weighted by atomic mass is 16.2. The maximum absolute atomic E-state index is 12.3. The molecule has 0 aromatic heterocycles. The van der Waals surface area contributed by atoms with Crippen LogP contribution in [0.3, 0.4) is 0 Å². The summed E-state index contributed by atoms with van der Waals surface area (Å²) in [5.41, 5.74) is 6.93. The highest BCUT2D eigenvalue weighted by Gasteiger charge is 2.42. The molecule has 1 aromatic rings. The lowest BCUT2D eigenvalue weighted by Crippen LogP contribution is -2.44. The summed E-state index contributed by atoms with van der Waals surface area (Å²) in [7, 11) is 0. The number of carbonyl (C=O) groups is 1. The van der Waals surface area contributed by atoms with Crippen LogP contribution in [0.1, 0.15) is 44.2 Å². The number of hydrogen-bond donors (Lipinski definition) is 2. The van der Waals surface area contributed by atoms with Crippen LogP contribution < -0.4 is 11.1 Å². The van der Waals surface area contributed by atoms with Crippen LogP contribution in [0.25, 0.3) is 0 Å². The number of carbonyl (C=O) groups excluding carboxylic acids is 1. The molecule has 2 fully saturated rings. The van der Waals surface area contributed by atoms with Crippen LogP contribution in [0, 0.1) is 17.8 Å². The van der Waals surface area contributed by atoms with Gasteiger partial charge in [-0.2, -0.15) is 0 Å². The van der Waals surface area contributed by atoms with E-state index in [0.717, 1.165) is 17.4 Å². The molecule has 2 saturated carbocycles. The van der Waals surface area contributed by atoms with E-state index in [1.54, 1.807) is 0 Å². The second kappa shape index (κ2) is 5.57. The van der Waals surface area contributed by atoms with Gasteiger partial charge < -0.3 is 11.1 Å². The number of amides is 1. The van der Waals surface area contributed by atoms with Crippen molar-refractivity contribution < 1.29 is 4.79 Å². The second-order valence-corrected chi connectivity index (χ2v) is 6.52. The van der Waals surface area contributed by atoms with Gasteiger partial charge in [0.2, 0.25) is 5.91 Å². The maximum Gasteiger partial charge on any atom is 0.241 e. The minimum Gasteiger partial charge on any atom is -0.352 e. The van der Waals surface area contributed by atoms with Gasteiger partial charge >= 0.3 is 0 Å². The quantitative estimate of drug-likeness (QED) is 0.885. The van der Waals surface area contributed by atoms with Crippen molar-refractivity contribution in [1.29, 1.82) is 0 Å². The minimum atomic E-state index is -0.558. The molecule has 0 aliphatic heterocycles. The molecule has 108 valence electrons. The summed E-state index contributed by atoms with van der Waals surface area (Å²) in [6.45, 7) is 2.14. The third-order valence-electron chi connectivity index (χ3n) is 5.25. The number of nitrogens with two attached hydrogens (primary N) is 1. The Morgan fingerprint density at radius 2 is 2.00 bits per heavy atom. The van der Waals surface area contributed by atoms with E-state index in [0.29, 0.717) is 5.92 Å². The van der Waals surface area contributed by atoms with Crippen molar-refractivity contribution in [2.24, 2.45) is 23.5 Å². The molecule has 20 heavy (non-hydrogen) atoms. The summed E-state index contributed by atoms with van der Waals surface area (Å²) in [6.07, 6.45) is 5.40. The Balaban J connectivity index is 1.58. The predicted molar refractivity (Wildman–Crippen MR) is 79.9 cm³/mol. The first-order valence-electron chi connectivity index (χ1n) is 7.76. The van der Waals surface area contributed by atoms with E-state index >= 15 is 0 Å². The van der Waals surface area contributed by atoms with Gasteiger partial charge in [0, 0.05) is 6.04 Å². The first-order chi connectivity index (χ1) is 9.65. The molecule has 2 aliphatic carbocycles. The molecule has 4 unspecified atom stereocenters. The van der Waals surface area contributed by atoms with Gasteiger partial charge in [0.05, 0.1) is 0 Å². The third kappa shape index (κ3) is 2.59. The van der Waals surface area contributed by atoms with Crippen molar-refractivity contribution in [2.75, 3.05) is 0 Å². The zero-order valence-corrected chi connectivity index (χ0v) is 12.1. The van der Waals surface area contributed by atoms with Gasteiger partial charge in [-0.1, -0.05) is 36.8 Å². The van der Waals surface area contributed by atoms with Gasteiger partial charge in [0.15, 0.2) is 0 Å². The SMILES string of the molecule is CC(NC(=O)[C@H](N)c1ccccc1)C1CC2CCC1C2. The predicted octanol–water partition coefficient (Wildman–Crippen LogP) is 2.63. The van der Waals surface area contributed by atoms with Crippen molar-refractivity contribution in [3.8, 4) is 0 Å². The Morgan fingerprint density at radius 3 is 2.60 bits per heavy atom. The molecule has 1 aromatic carbocycles. The highest BCUT2D eigenvalue weighted by Crippen LogP contribution is 2.49. The summed E-state index contributed by atoms with van der Waals surface area (Å²) in [4.78, 5) is 12.3. The van der Waals surface area contributed by atoms with Crippen LogP contribution in [-0.4, -0.2) is 11.9 Å². The van der Waals surface area contributed by atoms with Crippen LogP contribution in [-0.2, 0) is 4.79 Å². The minimum absolute atomic E-state index is 0.0496. The second-order valence-electron chi connectivity index (χ2n) is 6.52. The van der Waals surface area contributed by atoms with Crippen molar-refractivity contribution >= 4 is 5.91 Å². The lowest BCUT2D eigenvalue weighted by molar-refractivity contribution is -0.123. The van der Waals surface area contributed by atoms with E-state index < -0.39 is 6.04 Å². The standard InChI is InChI=1S/C17H24N2O/c1-11(15-10-12-7-8-14(15)9-12)19-17(20)16(18)13-5-3-2-4-6-13/h2-6,11-12,14-16H,7-10,18H2,1H3,(H,19,20)/t11?,12?,14?,15?,16-/m1/s1. The molecule has 3 rings (SSSR count). The average molecular weight is 272 g/mol. The van der Waals surface area contributed by atoms with Crippen LogP contribution in [0.15, 0.2) is 30.3 Å². The first kappa shape index (κ1) is 13.6. The molecule has 3 nitrogen and oxygen atoms in total. The molecule has 1 amide bonds. The van der Waals surface area contributed by atoms with Gasteiger partial charge in [-0.15, -0.1) is 0 Å². The Morgan fingerprint density at radius 1 is 1.25 bits per heavy atom. The van der Waals surface area contributed by atoms with Gasteiger partial charge in [0.25, 0.3) is 0 Å². The molecule has 2 bridgehead atoms. The summed E-state index contributed by atoms with van der Waals surface area (Å²) in [6, 6.07) is 9.28. The summed E-state index contributed by atoms with van der Waals surface area (Å²) in [5, 5.41) is 3.14. The van der Waals surface area contributed by atoms with E-state index in [4.69, 9.17) is 5.73 Å². The maximum atomic E-state index is 12.3. The van der Waals surface area contributed by atoms with Crippen molar-refractivity contribution in [1.82, 2.24) is 5.32 Å². The van der Waals surface area contributed by atoms with E-state index in [1.165, 1.54) is 25.7 Å². The van der Waals surface area contributed by atoms with Crippen molar-refractivity contribution in [3.63, 3.8) is 0 Å². The Kier molecular flexibility index (Phi) is 3.79. The van der Waals surface area contributed by atoms with E-state index in [2.05, 4.69) is 12.2 Å². The van der Waals surface area contributed by atoms with Crippen LogP contribution >= 0.6 is 0 Å². The zero-order chi connectivity index (χ0) is 14.1. The highest BCUT2D eigenvalue weighted by molar-refractivity contribution is 5.83. The van der Waals surface area contributed by atoms with Gasteiger partial charge in [-0.05, 0) is 49.5 Å². The number of hydrogen-bond acceptors (Lipinski definition) is 2. The largest absolute Gasteiger partial charge is 0.352 e. The topological polar surface area (TPSA) is 55.1 Å². The normalized spacial score (nSPS) is 31.0. The molecule has 3 heteroatoms. The third-order valence-corrected chi connectivity index (χ3v) is 5.25. The molecule has 2 aliphatic rings. The van der Waals surface area contributed by atoms with E-state index in [1.807, 2.05) is 30.3 Å². The first-order valence-corrected chi connectivity index (χ1v) is 7.76. The fourth-order valence-electron chi connectivity index (χ4n) is 4.14. The number of benzene rings is 1. The van der Waals surface area contributed by atoms with Gasteiger partial charge in [-0.25, -0.2) is 0 Å². The lowest BCUT2D eigenvalue weighted by Gasteiger charge is -2.29. The molecule has 0 spiro atoms. The number of fused-ring (bicyclic) bond motifs is 2. The molecule has 0 saturated heterocycles. The van der Waals surface area contributed by atoms with E-state index in [-0.39, 0.29) is 11.9 Å². The van der Waals surface area contributed by atoms with E-state index in [9.17, 15) is 4.79 Å². The molecular formula is C17H24N2O.